The summed E-state index contributed by atoms with van der Waals surface area (Å²) in [5.41, 5.74) is -1.24. The molecule has 0 N–H and O–H groups in total. The van der Waals surface area contributed by atoms with E-state index in [1.807, 2.05) is 0 Å². The molecule has 0 unspecified atom stereocenters. The van der Waals surface area contributed by atoms with Gasteiger partial charge in [-0.1, -0.05) is 0 Å². The highest BCUT2D eigenvalue weighted by atomic mass is 127. The smallest absolute Gasteiger partial charge is 0.494 e. The summed E-state index contributed by atoms with van der Waals surface area (Å²) >= 11 is 1.15. The Hall–Kier alpha value is -0.870. The molecule has 0 fully saturated rings. The molecular weight excluding hydrogens is 393 g/mol. The van der Waals surface area contributed by atoms with Gasteiger partial charge in [-0.05, 0) is 35.6 Å². The Morgan fingerprint density at radius 3 is 2.11 bits per heavy atom. The van der Waals surface area contributed by atoms with Gasteiger partial charge in [0.05, 0.1) is 15.7 Å². The van der Waals surface area contributed by atoms with Crippen LogP contribution in [0.3, 0.4) is 0 Å². The van der Waals surface area contributed by atoms with Gasteiger partial charge in [0.25, 0.3) is 0 Å². The summed E-state index contributed by atoms with van der Waals surface area (Å²) < 4.78 is 82.1. The van der Waals surface area contributed by atoms with Crippen LogP contribution < -0.4 is 9.47 Å². The first-order valence-corrected chi connectivity index (χ1v) is 5.91. The van der Waals surface area contributed by atoms with E-state index in [1.165, 1.54) is 6.92 Å². The van der Waals surface area contributed by atoms with Crippen LogP contribution in [-0.2, 0) is 6.18 Å². The first-order valence-electron chi connectivity index (χ1n) is 4.84. The summed E-state index contributed by atoms with van der Waals surface area (Å²) in [6, 6.07) is 1.41. The van der Waals surface area contributed by atoms with Gasteiger partial charge in [-0.2, -0.15) is 13.2 Å². The summed E-state index contributed by atoms with van der Waals surface area (Å²) in [5, 5.41) is 0. The molecular formula is C10H7F6IO2. The van der Waals surface area contributed by atoms with Crippen LogP contribution in [0.1, 0.15) is 12.5 Å². The van der Waals surface area contributed by atoms with Crippen LogP contribution in [0, 0.1) is 3.57 Å². The van der Waals surface area contributed by atoms with Crippen molar-refractivity contribution in [2.45, 2.75) is 19.5 Å². The van der Waals surface area contributed by atoms with E-state index in [4.69, 9.17) is 4.74 Å². The van der Waals surface area contributed by atoms with E-state index >= 15 is 0 Å². The third-order valence-electron chi connectivity index (χ3n) is 1.85. The van der Waals surface area contributed by atoms with Crippen LogP contribution in [0.4, 0.5) is 26.3 Å². The Bertz CT molecular complexity index is 455. The molecule has 1 aromatic carbocycles. The lowest BCUT2D eigenvalue weighted by Crippen LogP contribution is -2.19. The molecule has 2 nitrogen and oxygen atoms in total. The molecule has 0 radical (unpaired) electrons. The van der Waals surface area contributed by atoms with E-state index < -0.39 is 27.4 Å². The molecule has 1 rings (SSSR count). The normalized spacial score (nSPS) is 12.4. The molecule has 0 heterocycles. The average Bonchev–Trinajstić information content (AvgIpc) is 2.19. The van der Waals surface area contributed by atoms with Gasteiger partial charge >= 0.3 is 12.5 Å². The Kier molecular flexibility index (Phi) is 4.80. The topological polar surface area (TPSA) is 18.5 Å². The fraction of sp³-hybridized carbons (Fsp3) is 0.400. The number of ether oxygens (including phenoxy) is 2. The Labute approximate surface area is 117 Å². The van der Waals surface area contributed by atoms with Crippen LogP contribution in [0.15, 0.2) is 12.1 Å². The second-order valence-corrected chi connectivity index (χ2v) is 4.34. The van der Waals surface area contributed by atoms with E-state index in [-0.39, 0.29) is 12.4 Å². The molecule has 0 spiro atoms. The zero-order chi connectivity index (χ0) is 14.8. The predicted octanol–water partition coefficient (Wildman–Crippen LogP) is 4.61. The summed E-state index contributed by atoms with van der Waals surface area (Å²) in [6.45, 7) is 1.51. The molecule has 0 amide bonds. The molecule has 0 atom stereocenters. The number of hydrogen-bond acceptors (Lipinski definition) is 2. The fourth-order valence-electron chi connectivity index (χ4n) is 1.23. The molecule has 0 aliphatic rings. The van der Waals surface area contributed by atoms with Crippen molar-refractivity contribution in [2.75, 3.05) is 6.61 Å². The van der Waals surface area contributed by atoms with Crippen molar-refractivity contribution in [3.8, 4) is 11.5 Å². The van der Waals surface area contributed by atoms with E-state index in [0.29, 0.717) is 6.07 Å². The predicted molar refractivity (Wildman–Crippen MR) is 62.0 cm³/mol. The first kappa shape index (κ1) is 16.2. The second-order valence-electron chi connectivity index (χ2n) is 3.26. The van der Waals surface area contributed by atoms with Crippen LogP contribution >= 0.6 is 22.6 Å². The second kappa shape index (κ2) is 5.63. The summed E-state index contributed by atoms with van der Waals surface area (Å²) in [4.78, 5) is 0. The lowest BCUT2D eigenvalue weighted by molar-refractivity contribution is -0.275. The van der Waals surface area contributed by atoms with E-state index in [0.717, 1.165) is 28.7 Å². The van der Waals surface area contributed by atoms with Crippen molar-refractivity contribution in [3.05, 3.63) is 21.3 Å². The summed E-state index contributed by atoms with van der Waals surface area (Å²) in [5.74, 6) is -1.28. The Morgan fingerprint density at radius 1 is 1.11 bits per heavy atom. The molecule has 0 aliphatic heterocycles. The summed E-state index contributed by atoms with van der Waals surface area (Å²) in [6.07, 6.45) is -9.87. The number of hydrogen-bond donors (Lipinski definition) is 0. The quantitative estimate of drug-likeness (QED) is 0.545. The third kappa shape index (κ3) is 4.62. The number of rotatable bonds is 3. The van der Waals surface area contributed by atoms with Gasteiger partial charge < -0.3 is 9.47 Å². The van der Waals surface area contributed by atoms with Crippen LogP contribution in [0.2, 0.25) is 0 Å². The van der Waals surface area contributed by atoms with Crippen molar-refractivity contribution in [2.24, 2.45) is 0 Å². The van der Waals surface area contributed by atoms with Crippen molar-refractivity contribution in [1.29, 1.82) is 0 Å². The molecule has 19 heavy (non-hydrogen) atoms. The molecule has 1 aromatic rings. The van der Waals surface area contributed by atoms with Gasteiger partial charge in [0.15, 0.2) is 0 Å². The van der Waals surface area contributed by atoms with E-state index in [2.05, 4.69) is 4.74 Å². The minimum absolute atomic E-state index is 0.0172. The molecule has 108 valence electrons. The highest BCUT2D eigenvalue weighted by Gasteiger charge is 2.38. The molecule has 9 heteroatoms. The van der Waals surface area contributed by atoms with Gasteiger partial charge in [0, 0.05) is 6.07 Å². The van der Waals surface area contributed by atoms with Gasteiger partial charge in [-0.25, -0.2) is 0 Å². The maximum Gasteiger partial charge on any atom is 0.573 e. The Morgan fingerprint density at radius 2 is 1.68 bits per heavy atom. The number of halogens is 7. The zero-order valence-corrected chi connectivity index (χ0v) is 11.5. The molecule has 0 saturated heterocycles. The van der Waals surface area contributed by atoms with Gasteiger partial charge in [-0.3, -0.25) is 0 Å². The highest BCUT2D eigenvalue weighted by molar-refractivity contribution is 14.1. The monoisotopic (exact) mass is 400 g/mol. The van der Waals surface area contributed by atoms with Crippen LogP contribution in [0.5, 0.6) is 11.5 Å². The lowest BCUT2D eigenvalue weighted by Gasteiger charge is -2.17. The molecule has 0 aliphatic carbocycles. The van der Waals surface area contributed by atoms with Gasteiger partial charge in [0.2, 0.25) is 0 Å². The maximum absolute atomic E-state index is 12.7. The Balaban J connectivity index is 3.33. The standard InChI is InChI=1S/C10H7F6IO2/c1-2-18-5-3-6(9(11,12)13)8(17)7(4-5)19-10(14,15)16/h3-4H,2H2,1H3. The average molecular weight is 400 g/mol. The van der Waals surface area contributed by atoms with Crippen molar-refractivity contribution in [3.63, 3.8) is 0 Å². The van der Waals surface area contributed by atoms with Gasteiger partial charge in [0.1, 0.15) is 11.5 Å². The first-order chi connectivity index (χ1) is 8.54. The number of alkyl halides is 6. The van der Waals surface area contributed by atoms with E-state index in [9.17, 15) is 26.3 Å². The minimum atomic E-state index is -5.08. The minimum Gasteiger partial charge on any atom is -0.494 e. The third-order valence-corrected chi connectivity index (χ3v) is 2.97. The lowest BCUT2D eigenvalue weighted by atomic mass is 10.2. The van der Waals surface area contributed by atoms with Crippen LogP contribution in [-0.4, -0.2) is 13.0 Å². The van der Waals surface area contributed by atoms with Crippen molar-refractivity contribution >= 4 is 22.6 Å². The highest BCUT2D eigenvalue weighted by Crippen LogP contribution is 2.41. The van der Waals surface area contributed by atoms with Crippen LogP contribution in [0.25, 0.3) is 0 Å². The SMILES string of the molecule is CCOc1cc(OC(F)(F)F)c(I)c(C(F)(F)F)c1. The summed E-state index contributed by atoms with van der Waals surface area (Å²) in [7, 11) is 0. The van der Waals surface area contributed by atoms with Crippen molar-refractivity contribution < 1.29 is 35.8 Å². The van der Waals surface area contributed by atoms with E-state index in [1.54, 1.807) is 0 Å². The largest absolute Gasteiger partial charge is 0.573 e. The fourth-order valence-corrected chi connectivity index (χ4v) is 1.96. The van der Waals surface area contributed by atoms with Gasteiger partial charge in [-0.15, -0.1) is 13.2 Å². The molecule has 0 aromatic heterocycles. The molecule has 0 saturated carbocycles. The van der Waals surface area contributed by atoms with Crippen molar-refractivity contribution in [1.82, 2.24) is 0 Å². The zero-order valence-electron chi connectivity index (χ0n) is 9.32. The molecule has 0 bridgehead atoms. The maximum atomic E-state index is 12.7. The number of benzene rings is 1.